The van der Waals surface area contributed by atoms with Crippen LogP contribution in [0.25, 0.3) is 11.0 Å². The number of para-hydroxylation sites is 1. The van der Waals surface area contributed by atoms with Crippen LogP contribution in [0, 0.1) is 6.92 Å². The van der Waals surface area contributed by atoms with Crippen molar-refractivity contribution in [3.05, 3.63) is 68.8 Å². The van der Waals surface area contributed by atoms with Crippen molar-refractivity contribution < 1.29 is 9.52 Å². The van der Waals surface area contributed by atoms with Crippen molar-refractivity contribution in [1.29, 1.82) is 0 Å². The molecule has 0 fully saturated rings. The molecular formula is C16H12BrClO2. The topological polar surface area (TPSA) is 33.4 Å². The SMILES string of the molecule is Cc1ccc(Br)c(C(O)c2cc3cccc(Cl)c3o2)c1. The molecule has 0 aliphatic carbocycles. The number of aliphatic hydroxyl groups is 1. The minimum atomic E-state index is -0.826. The smallest absolute Gasteiger partial charge is 0.153 e. The van der Waals surface area contributed by atoms with Crippen LogP contribution in [-0.4, -0.2) is 5.11 Å². The van der Waals surface area contributed by atoms with Crippen LogP contribution >= 0.6 is 27.5 Å². The Kier molecular flexibility index (Phi) is 3.59. The molecule has 1 unspecified atom stereocenters. The highest BCUT2D eigenvalue weighted by Crippen LogP contribution is 2.34. The molecule has 20 heavy (non-hydrogen) atoms. The number of hydrogen-bond donors (Lipinski definition) is 1. The molecule has 1 atom stereocenters. The molecule has 0 aliphatic heterocycles. The Balaban J connectivity index is 2.10. The third-order valence-electron chi connectivity index (χ3n) is 3.23. The predicted molar refractivity (Wildman–Crippen MR) is 84.2 cm³/mol. The Hall–Kier alpha value is -1.29. The highest BCUT2D eigenvalue weighted by atomic mass is 79.9. The minimum absolute atomic E-state index is 0.486. The van der Waals surface area contributed by atoms with E-state index in [1.54, 1.807) is 6.07 Å². The van der Waals surface area contributed by atoms with Gasteiger partial charge < -0.3 is 9.52 Å². The van der Waals surface area contributed by atoms with Gasteiger partial charge in [0.25, 0.3) is 0 Å². The fraction of sp³-hybridized carbons (Fsp3) is 0.125. The Bertz CT molecular complexity index is 779. The average molecular weight is 352 g/mol. The van der Waals surface area contributed by atoms with E-state index in [0.717, 1.165) is 21.0 Å². The maximum Gasteiger partial charge on any atom is 0.153 e. The fourth-order valence-electron chi connectivity index (χ4n) is 2.21. The molecule has 0 amide bonds. The molecular weight excluding hydrogens is 340 g/mol. The summed E-state index contributed by atoms with van der Waals surface area (Å²) < 4.78 is 6.56. The summed E-state index contributed by atoms with van der Waals surface area (Å²) >= 11 is 9.55. The quantitative estimate of drug-likeness (QED) is 0.685. The van der Waals surface area contributed by atoms with Crippen molar-refractivity contribution >= 4 is 38.5 Å². The fourth-order valence-corrected chi connectivity index (χ4v) is 2.89. The number of halogens is 2. The van der Waals surface area contributed by atoms with E-state index in [2.05, 4.69) is 15.9 Å². The second kappa shape index (κ2) is 5.24. The minimum Gasteiger partial charge on any atom is -0.456 e. The molecule has 0 bridgehead atoms. The normalized spacial score (nSPS) is 12.8. The number of aryl methyl sites for hydroxylation is 1. The Morgan fingerprint density at radius 2 is 2.00 bits per heavy atom. The van der Waals surface area contributed by atoms with Crippen LogP contribution in [0.4, 0.5) is 0 Å². The summed E-state index contributed by atoms with van der Waals surface area (Å²) in [5, 5.41) is 12.0. The molecule has 3 rings (SSSR count). The van der Waals surface area contributed by atoms with E-state index in [4.69, 9.17) is 16.0 Å². The van der Waals surface area contributed by atoms with Gasteiger partial charge in [0.2, 0.25) is 0 Å². The maximum atomic E-state index is 10.5. The molecule has 4 heteroatoms. The van der Waals surface area contributed by atoms with Crippen LogP contribution in [-0.2, 0) is 0 Å². The second-order valence-corrected chi connectivity index (χ2v) is 6.00. The van der Waals surface area contributed by atoms with Gasteiger partial charge in [0, 0.05) is 15.4 Å². The van der Waals surface area contributed by atoms with Crippen molar-refractivity contribution in [2.24, 2.45) is 0 Å². The molecule has 0 saturated heterocycles. The van der Waals surface area contributed by atoms with Crippen LogP contribution in [0.2, 0.25) is 5.02 Å². The van der Waals surface area contributed by atoms with Crippen LogP contribution in [0.1, 0.15) is 23.0 Å². The number of fused-ring (bicyclic) bond motifs is 1. The van der Waals surface area contributed by atoms with Crippen LogP contribution in [0.3, 0.4) is 0 Å². The van der Waals surface area contributed by atoms with E-state index in [1.807, 2.05) is 43.3 Å². The van der Waals surface area contributed by atoms with Gasteiger partial charge in [0.05, 0.1) is 5.02 Å². The lowest BCUT2D eigenvalue weighted by molar-refractivity contribution is 0.191. The zero-order valence-electron chi connectivity index (χ0n) is 10.7. The van der Waals surface area contributed by atoms with Crippen molar-refractivity contribution in [2.75, 3.05) is 0 Å². The summed E-state index contributed by atoms with van der Waals surface area (Å²) in [7, 11) is 0. The van der Waals surface area contributed by atoms with Crippen LogP contribution in [0.5, 0.6) is 0 Å². The van der Waals surface area contributed by atoms with E-state index >= 15 is 0 Å². The standard InChI is InChI=1S/C16H12BrClO2/c1-9-5-6-12(17)11(7-9)15(19)14-8-10-3-2-4-13(18)16(10)20-14/h2-8,15,19H,1H3. The van der Waals surface area contributed by atoms with Gasteiger partial charge in [-0.25, -0.2) is 0 Å². The van der Waals surface area contributed by atoms with E-state index < -0.39 is 6.10 Å². The number of rotatable bonds is 2. The molecule has 1 N–H and O–H groups in total. The summed E-state index contributed by atoms with van der Waals surface area (Å²) in [6, 6.07) is 13.2. The molecule has 1 heterocycles. The van der Waals surface area contributed by atoms with Crippen LogP contribution in [0.15, 0.2) is 51.4 Å². The van der Waals surface area contributed by atoms with Gasteiger partial charge in [-0.2, -0.15) is 0 Å². The van der Waals surface area contributed by atoms with Crippen LogP contribution < -0.4 is 0 Å². The molecule has 102 valence electrons. The number of hydrogen-bond acceptors (Lipinski definition) is 2. The van der Waals surface area contributed by atoms with Gasteiger partial charge in [-0.15, -0.1) is 0 Å². The summed E-state index contributed by atoms with van der Waals surface area (Å²) in [6.07, 6.45) is -0.826. The highest BCUT2D eigenvalue weighted by molar-refractivity contribution is 9.10. The molecule has 2 nitrogen and oxygen atoms in total. The maximum absolute atomic E-state index is 10.5. The number of benzene rings is 2. The molecule has 2 aromatic carbocycles. The molecule has 0 saturated carbocycles. The van der Waals surface area contributed by atoms with Gasteiger partial charge in [0.1, 0.15) is 11.9 Å². The first-order valence-electron chi connectivity index (χ1n) is 6.18. The second-order valence-electron chi connectivity index (χ2n) is 4.73. The largest absolute Gasteiger partial charge is 0.456 e. The molecule has 0 spiro atoms. The predicted octanol–water partition coefficient (Wildman–Crippen LogP) is 5.24. The first kappa shape index (κ1) is 13.7. The van der Waals surface area contributed by atoms with Crippen molar-refractivity contribution in [1.82, 2.24) is 0 Å². The van der Waals surface area contributed by atoms with Crippen molar-refractivity contribution in [2.45, 2.75) is 13.0 Å². The summed E-state index contributed by atoms with van der Waals surface area (Å²) in [5.74, 6) is 0.486. The highest BCUT2D eigenvalue weighted by Gasteiger charge is 2.19. The first-order valence-corrected chi connectivity index (χ1v) is 7.35. The molecule has 1 aromatic heterocycles. The molecule has 0 aliphatic rings. The third-order valence-corrected chi connectivity index (χ3v) is 4.25. The average Bonchev–Trinajstić information content (AvgIpc) is 2.86. The summed E-state index contributed by atoms with van der Waals surface area (Å²) in [5.41, 5.74) is 2.46. The molecule has 0 radical (unpaired) electrons. The third kappa shape index (κ3) is 2.37. The Morgan fingerprint density at radius 1 is 1.20 bits per heavy atom. The van der Waals surface area contributed by atoms with Gasteiger partial charge in [-0.3, -0.25) is 0 Å². The zero-order chi connectivity index (χ0) is 14.3. The summed E-state index contributed by atoms with van der Waals surface area (Å²) in [4.78, 5) is 0. The van der Waals surface area contributed by atoms with Gasteiger partial charge >= 0.3 is 0 Å². The number of furan rings is 1. The monoisotopic (exact) mass is 350 g/mol. The lowest BCUT2D eigenvalue weighted by Crippen LogP contribution is -1.99. The van der Waals surface area contributed by atoms with E-state index in [1.165, 1.54) is 0 Å². The van der Waals surface area contributed by atoms with Gasteiger partial charge in [-0.05, 0) is 25.1 Å². The van der Waals surface area contributed by atoms with Crippen molar-refractivity contribution in [3.63, 3.8) is 0 Å². The first-order chi connectivity index (χ1) is 9.56. The Labute approximate surface area is 130 Å². The Morgan fingerprint density at radius 3 is 2.75 bits per heavy atom. The van der Waals surface area contributed by atoms with E-state index in [0.29, 0.717) is 16.4 Å². The van der Waals surface area contributed by atoms with E-state index in [-0.39, 0.29) is 0 Å². The molecule has 3 aromatic rings. The number of aliphatic hydroxyl groups excluding tert-OH is 1. The lowest BCUT2D eigenvalue weighted by Gasteiger charge is -2.11. The van der Waals surface area contributed by atoms with Gasteiger partial charge in [0.15, 0.2) is 5.58 Å². The summed E-state index contributed by atoms with van der Waals surface area (Å²) in [6.45, 7) is 1.98. The zero-order valence-corrected chi connectivity index (χ0v) is 13.1. The van der Waals surface area contributed by atoms with Crippen molar-refractivity contribution in [3.8, 4) is 0 Å². The lowest BCUT2D eigenvalue weighted by atomic mass is 10.0. The van der Waals surface area contributed by atoms with E-state index in [9.17, 15) is 5.11 Å². The van der Waals surface area contributed by atoms with Gasteiger partial charge in [-0.1, -0.05) is 57.4 Å².